The summed E-state index contributed by atoms with van der Waals surface area (Å²) < 4.78 is 29.3. The maximum Gasteiger partial charge on any atom is 0.267 e. The fraction of sp³-hybridized carbons (Fsp3) is 0.333. The molecular formula is C6H9N3O4S. The number of aryl methyl sites for hydroxylation is 1. The quantitative estimate of drug-likeness (QED) is 0.556. The summed E-state index contributed by atoms with van der Waals surface area (Å²) in [6, 6.07) is 0. The van der Waals surface area contributed by atoms with Crippen molar-refractivity contribution in [2.24, 2.45) is 5.73 Å². The van der Waals surface area contributed by atoms with Crippen molar-refractivity contribution in [2.45, 2.75) is 6.42 Å². The normalized spacial score (nSPS) is 11.5. The first kappa shape index (κ1) is 10.7. The number of rotatable bonds is 4. The Balaban J connectivity index is 2.77. The van der Waals surface area contributed by atoms with Gasteiger partial charge in [-0.15, -0.1) is 0 Å². The molecule has 1 heterocycles. The first-order chi connectivity index (χ1) is 6.40. The number of nitrogens with zero attached hydrogens (tertiary/aromatic N) is 1. The summed E-state index contributed by atoms with van der Waals surface area (Å²) in [7, 11) is -4.05. The van der Waals surface area contributed by atoms with Gasteiger partial charge in [0.1, 0.15) is 5.69 Å². The summed E-state index contributed by atoms with van der Waals surface area (Å²) in [5.74, 6) is -1.20. The molecule has 0 radical (unpaired) electrons. The molecule has 7 nitrogen and oxygen atoms in total. The minimum atomic E-state index is -4.05. The van der Waals surface area contributed by atoms with Gasteiger partial charge in [0, 0.05) is 6.42 Å². The molecule has 4 N–H and O–H groups in total. The van der Waals surface area contributed by atoms with E-state index in [2.05, 4.69) is 9.97 Å². The number of imidazole rings is 1. The van der Waals surface area contributed by atoms with E-state index in [4.69, 9.17) is 10.3 Å². The van der Waals surface area contributed by atoms with Crippen LogP contribution in [0.15, 0.2) is 6.33 Å². The van der Waals surface area contributed by atoms with E-state index in [-0.39, 0.29) is 17.8 Å². The lowest BCUT2D eigenvalue weighted by atomic mass is 10.2. The number of carbonyl (C=O) groups is 1. The first-order valence-corrected chi connectivity index (χ1v) is 5.28. The molecule has 0 spiro atoms. The Hall–Kier alpha value is -1.41. The van der Waals surface area contributed by atoms with Gasteiger partial charge in [0.05, 0.1) is 17.8 Å². The number of hydrogen-bond acceptors (Lipinski definition) is 4. The number of primary amides is 1. The molecule has 0 saturated carbocycles. The maximum absolute atomic E-state index is 10.7. The molecule has 0 saturated heterocycles. The van der Waals surface area contributed by atoms with Gasteiger partial charge in [-0.05, 0) is 0 Å². The molecule has 0 aliphatic rings. The van der Waals surface area contributed by atoms with Gasteiger partial charge in [-0.2, -0.15) is 8.42 Å². The molecule has 0 atom stereocenters. The van der Waals surface area contributed by atoms with Gasteiger partial charge < -0.3 is 10.7 Å². The van der Waals surface area contributed by atoms with Gasteiger partial charge in [-0.1, -0.05) is 0 Å². The van der Waals surface area contributed by atoms with Crippen LogP contribution in [0.2, 0.25) is 0 Å². The minimum absolute atomic E-state index is 0.0550. The fourth-order valence-corrected chi connectivity index (χ4v) is 1.40. The molecule has 0 unspecified atom stereocenters. The van der Waals surface area contributed by atoms with E-state index in [0.717, 1.165) is 0 Å². The molecule has 78 valence electrons. The lowest BCUT2D eigenvalue weighted by molar-refractivity contribution is 0.0995. The Morgan fingerprint density at radius 3 is 2.79 bits per heavy atom. The van der Waals surface area contributed by atoms with Crippen LogP contribution in [0.3, 0.4) is 0 Å². The molecular weight excluding hydrogens is 210 g/mol. The fourth-order valence-electron chi connectivity index (χ4n) is 0.951. The van der Waals surface area contributed by atoms with Gasteiger partial charge in [-0.25, -0.2) is 4.98 Å². The highest BCUT2D eigenvalue weighted by molar-refractivity contribution is 7.85. The molecule has 0 fully saturated rings. The Labute approximate surface area is 80.1 Å². The van der Waals surface area contributed by atoms with Crippen molar-refractivity contribution >= 4 is 16.0 Å². The SMILES string of the molecule is NC(=O)c1[nH]cnc1CCS(=O)(=O)O. The average molecular weight is 219 g/mol. The monoisotopic (exact) mass is 219 g/mol. The van der Waals surface area contributed by atoms with Crippen molar-refractivity contribution < 1.29 is 17.8 Å². The van der Waals surface area contributed by atoms with Crippen LogP contribution in [0.5, 0.6) is 0 Å². The van der Waals surface area contributed by atoms with Crippen LogP contribution in [0, 0.1) is 0 Å². The summed E-state index contributed by atoms with van der Waals surface area (Å²) in [4.78, 5) is 16.9. The lowest BCUT2D eigenvalue weighted by Crippen LogP contribution is -2.16. The second kappa shape index (κ2) is 3.76. The van der Waals surface area contributed by atoms with Gasteiger partial charge in [-0.3, -0.25) is 9.35 Å². The van der Waals surface area contributed by atoms with E-state index in [1.165, 1.54) is 6.33 Å². The third kappa shape index (κ3) is 2.82. The Bertz CT molecular complexity index is 436. The lowest BCUT2D eigenvalue weighted by Gasteiger charge is -1.97. The number of hydrogen-bond donors (Lipinski definition) is 3. The highest BCUT2D eigenvalue weighted by atomic mass is 32.2. The summed E-state index contributed by atoms with van der Waals surface area (Å²) in [6.45, 7) is 0. The smallest absolute Gasteiger partial charge is 0.267 e. The van der Waals surface area contributed by atoms with Crippen molar-refractivity contribution in [2.75, 3.05) is 5.75 Å². The van der Waals surface area contributed by atoms with Crippen LogP contribution >= 0.6 is 0 Å². The summed E-state index contributed by atoms with van der Waals surface area (Å²) in [5, 5.41) is 0. The van der Waals surface area contributed by atoms with E-state index in [0.29, 0.717) is 0 Å². The van der Waals surface area contributed by atoms with Crippen LogP contribution in [0.25, 0.3) is 0 Å². The first-order valence-electron chi connectivity index (χ1n) is 3.67. The number of nitrogens with two attached hydrogens (primary N) is 1. The molecule has 8 heteroatoms. The van der Waals surface area contributed by atoms with E-state index in [1.54, 1.807) is 0 Å². The van der Waals surface area contributed by atoms with Crippen LogP contribution in [0.1, 0.15) is 16.2 Å². The van der Waals surface area contributed by atoms with Crippen molar-refractivity contribution in [1.82, 2.24) is 9.97 Å². The Morgan fingerprint density at radius 1 is 1.64 bits per heavy atom. The van der Waals surface area contributed by atoms with Crippen molar-refractivity contribution in [3.63, 3.8) is 0 Å². The van der Waals surface area contributed by atoms with Crippen molar-refractivity contribution in [3.05, 3.63) is 17.7 Å². The number of aromatic amines is 1. The standard InChI is InChI=1S/C6H9N3O4S/c7-6(10)5-4(8-3-9-5)1-2-14(11,12)13/h3H,1-2H2,(H2,7,10)(H,8,9)(H,11,12,13). The molecule has 1 rings (SSSR count). The van der Waals surface area contributed by atoms with E-state index >= 15 is 0 Å². The average Bonchev–Trinajstić information content (AvgIpc) is 2.46. The molecule has 0 bridgehead atoms. The van der Waals surface area contributed by atoms with Crippen molar-refractivity contribution in [1.29, 1.82) is 0 Å². The van der Waals surface area contributed by atoms with Gasteiger partial charge >= 0.3 is 0 Å². The predicted octanol–water partition coefficient (Wildman–Crippen LogP) is -1.06. The van der Waals surface area contributed by atoms with Crippen LogP contribution in [-0.2, 0) is 16.5 Å². The number of amides is 1. The topological polar surface area (TPSA) is 126 Å². The predicted molar refractivity (Wildman–Crippen MR) is 47.2 cm³/mol. The third-order valence-corrected chi connectivity index (χ3v) is 2.28. The zero-order valence-corrected chi connectivity index (χ0v) is 7.91. The summed E-state index contributed by atoms with van der Waals surface area (Å²) in [6.07, 6.45) is 1.18. The number of carbonyl (C=O) groups excluding carboxylic acids is 1. The number of aromatic nitrogens is 2. The second-order valence-corrected chi connectivity index (χ2v) is 4.20. The molecule has 1 aromatic rings. The molecule has 0 aliphatic carbocycles. The summed E-state index contributed by atoms with van der Waals surface area (Å²) in [5.41, 5.74) is 5.27. The molecule has 1 amide bonds. The molecule has 0 aromatic carbocycles. The van der Waals surface area contributed by atoms with Gasteiger partial charge in [0.15, 0.2) is 0 Å². The Morgan fingerprint density at radius 2 is 2.29 bits per heavy atom. The minimum Gasteiger partial charge on any atom is -0.364 e. The zero-order valence-electron chi connectivity index (χ0n) is 7.10. The highest BCUT2D eigenvalue weighted by Gasteiger charge is 2.13. The molecule has 0 aliphatic heterocycles. The maximum atomic E-state index is 10.7. The number of nitrogens with one attached hydrogen (secondary N) is 1. The number of H-pyrrole nitrogens is 1. The second-order valence-electron chi connectivity index (χ2n) is 2.62. The van der Waals surface area contributed by atoms with Crippen molar-refractivity contribution in [3.8, 4) is 0 Å². The zero-order chi connectivity index (χ0) is 10.8. The largest absolute Gasteiger partial charge is 0.364 e. The van der Waals surface area contributed by atoms with E-state index in [1.807, 2.05) is 0 Å². The van der Waals surface area contributed by atoms with Gasteiger partial charge in [0.2, 0.25) is 0 Å². The van der Waals surface area contributed by atoms with Crippen LogP contribution in [0.4, 0.5) is 0 Å². The third-order valence-electron chi connectivity index (χ3n) is 1.56. The van der Waals surface area contributed by atoms with Crippen LogP contribution in [-0.4, -0.2) is 34.6 Å². The van der Waals surface area contributed by atoms with E-state index in [9.17, 15) is 13.2 Å². The molecule has 1 aromatic heterocycles. The van der Waals surface area contributed by atoms with E-state index < -0.39 is 21.8 Å². The molecule has 14 heavy (non-hydrogen) atoms. The van der Waals surface area contributed by atoms with Crippen LogP contribution < -0.4 is 5.73 Å². The summed E-state index contributed by atoms with van der Waals surface area (Å²) >= 11 is 0. The van der Waals surface area contributed by atoms with Gasteiger partial charge in [0.25, 0.3) is 16.0 Å². The Kier molecular flexibility index (Phi) is 2.87. The highest BCUT2D eigenvalue weighted by Crippen LogP contribution is 2.03.